The van der Waals surface area contributed by atoms with Gasteiger partial charge in [0.05, 0.1) is 11.8 Å². The smallest absolute Gasteiger partial charge is 0.298 e. The van der Waals surface area contributed by atoms with Crippen LogP contribution >= 0.6 is 0 Å². The van der Waals surface area contributed by atoms with Crippen molar-refractivity contribution in [2.45, 2.75) is 118 Å². The van der Waals surface area contributed by atoms with Crippen molar-refractivity contribution in [3.05, 3.63) is 0 Å². The number of carbonyl (C=O) groups is 2. The second-order valence-electron chi connectivity index (χ2n) is 9.08. The number of hydrogen-bond acceptors (Lipinski definition) is 6. The summed E-state index contributed by atoms with van der Waals surface area (Å²) >= 11 is 0. The maximum atomic E-state index is 11.9. The van der Waals surface area contributed by atoms with Gasteiger partial charge in [-0.3, -0.25) is 9.78 Å². The first-order chi connectivity index (χ1) is 12.9. The van der Waals surface area contributed by atoms with Crippen LogP contribution in [-0.4, -0.2) is 23.1 Å². The summed E-state index contributed by atoms with van der Waals surface area (Å²) in [4.78, 5) is 44.5. The Hall–Kier alpha value is -1.14. The van der Waals surface area contributed by atoms with Crippen LogP contribution in [0.4, 0.5) is 0 Å². The van der Waals surface area contributed by atoms with E-state index in [4.69, 9.17) is 19.6 Å². The van der Waals surface area contributed by atoms with Crippen molar-refractivity contribution in [3.8, 4) is 0 Å². The number of rotatable bonds is 15. The van der Waals surface area contributed by atoms with E-state index >= 15 is 0 Å². The quantitative estimate of drug-likeness (QED) is 0.192. The molecule has 0 aromatic rings. The summed E-state index contributed by atoms with van der Waals surface area (Å²) < 4.78 is 0. The normalized spacial score (nSPS) is 14.4. The molecule has 28 heavy (non-hydrogen) atoms. The van der Waals surface area contributed by atoms with Crippen LogP contribution in [0.2, 0.25) is 0 Å². The van der Waals surface area contributed by atoms with Gasteiger partial charge < -0.3 is 0 Å². The third kappa shape index (κ3) is 12.3. The lowest BCUT2D eigenvalue weighted by Gasteiger charge is -2.26. The van der Waals surface area contributed by atoms with E-state index < -0.39 is 11.2 Å². The molecule has 0 saturated heterocycles. The van der Waals surface area contributed by atoms with Crippen LogP contribution in [0.5, 0.6) is 0 Å². The molecule has 0 heterocycles. The molecule has 2 atom stereocenters. The lowest BCUT2D eigenvalue weighted by atomic mass is 9.96. The number of unbranched alkanes of at least 4 members (excludes halogenated alkanes) is 1. The molecule has 0 radical (unpaired) electrons. The molecule has 0 fully saturated rings. The van der Waals surface area contributed by atoms with Gasteiger partial charge in [0.1, 0.15) is 11.2 Å². The lowest BCUT2D eigenvalue weighted by molar-refractivity contribution is -0.331. The predicted molar refractivity (Wildman–Crippen MR) is 109 cm³/mol. The fraction of sp³-hybridized carbons (Fsp3) is 0.909. The van der Waals surface area contributed by atoms with Crippen LogP contribution in [-0.2, 0) is 29.1 Å². The SMILES string of the molecule is CCCC(C)C(=O)OOC(C)(C)CCCCC(C)(C)OOC(=O)C(C)CCC. The molecule has 2 unspecified atom stereocenters. The Kier molecular flexibility index (Phi) is 12.6. The zero-order valence-corrected chi connectivity index (χ0v) is 19.3. The van der Waals surface area contributed by atoms with E-state index in [-0.39, 0.29) is 23.8 Å². The summed E-state index contributed by atoms with van der Waals surface area (Å²) in [6.07, 6.45) is 6.69. The standard InChI is InChI=1S/C22H42O6/c1-9-13-17(3)19(23)25-27-21(5,6)15-11-12-16-22(7,8)28-26-20(24)18(4)14-10-2/h17-18H,9-16H2,1-8H3. The molecule has 0 aromatic carbocycles. The van der Waals surface area contributed by atoms with Gasteiger partial charge in [-0.15, -0.1) is 0 Å². The Morgan fingerprint density at radius 1 is 0.714 bits per heavy atom. The monoisotopic (exact) mass is 402 g/mol. The van der Waals surface area contributed by atoms with Gasteiger partial charge >= 0.3 is 11.9 Å². The summed E-state index contributed by atoms with van der Waals surface area (Å²) in [5, 5.41) is 0. The van der Waals surface area contributed by atoms with Gasteiger partial charge in [-0.2, -0.15) is 9.78 Å². The Bertz CT molecular complexity index is 416. The molecule has 0 saturated carbocycles. The van der Waals surface area contributed by atoms with Gasteiger partial charge in [-0.05, 0) is 53.4 Å². The van der Waals surface area contributed by atoms with Crippen molar-refractivity contribution >= 4 is 11.9 Å². The fourth-order valence-corrected chi connectivity index (χ4v) is 2.76. The minimum absolute atomic E-state index is 0.151. The second kappa shape index (κ2) is 13.2. The van der Waals surface area contributed by atoms with Crippen LogP contribution in [0.15, 0.2) is 0 Å². The maximum absolute atomic E-state index is 11.9. The molecule has 0 N–H and O–H groups in total. The largest absolute Gasteiger partial charge is 0.345 e. The summed E-state index contributed by atoms with van der Waals surface area (Å²) in [6.45, 7) is 15.4. The highest BCUT2D eigenvalue weighted by Gasteiger charge is 2.26. The van der Waals surface area contributed by atoms with Gasteiger partial charge in [0.2, 0.25) is 0 Å². The second-order valence-corrected chi connectivity index (χ2v) is 9.08. The first-order valence-electron chi connectivity index (χ1n) is 10.7. The van der Waals surface area contributed by atoms with Crippen molar-refractivity contribution < 1.29 is 29.1 Å². The molecular weight excluding hydrogens is 360 g/mol. The van der Waals surface area contributed by atoms with Crippen molar-refractivity contribution in [1.82, 2.24) is 0 Å². The fourth-order valence-electron chi connectivity index (χ4n) is 2.76. The summed E-state index contributed by atoms with van der Waals surface area (Å²) in [7, 11) is 0. The van der Waals surface area contributed by atoms with Crippen LogP contribution in [0.3, 0.4) is 0 Å². The summed E-state index contributed by atoms with van der Waals surface area (Å²) in [5.41, 5.74) is -1.09. The van der Waals surface area contributed by atoms with Crippen molar-refractivity contribution in [1.29, 1.82) is 0 Å². The highest BCUT2D eigenvalue weighted by atomic mass is 17.2. The van der Waals surface area contributed by atoms with E-state index in [0.717, 1.165) is 51.4 Å². The van der Waals surface area contributed by atoms with Crippen molar-refractivity contribution in [2.75, 3.05) is 0 Å². The Labute approximate surface area is 171 Å². The minimum atomic E-state index is -0.547. The van der Waals surface area contributed by atoms with Crippen LogP contribution in [0.1, 0.15) is 107 Å². The predicted octanol–water partition coefficient (Wildman–Crippen LogP) is 5.93. The molecule has 0 amide bonds. The zero-order valence-electron chi connectivity index (χ0n) is 19.3. The molecule has 6 nitrogen and oxygen atoms in total. The molecule has 0 rings (SSSR count). The van der Waals surface area contributed by atoms with Crippen LogP contribution in [0, 0.1) is 11.8 Å². The average Bonchev–Trinajstić information content (AvgIpc) is 2.62. The van der Waals surface area contributed by atoms with E-state index in [1.807, 2.05) is 55.4 Å². The Balaban J connectivity index is 4.13. The van der Waals surface area contributed by atoms with Gasteiger partial charge in [0.25, 0.3) is 0 Å². The van der Waals surface area contributed by atoms with Gasteiger partial charge in [0, 0.05) is 0 Å². The van der Waals surface area contributed by atoms with Gasteiger partial charge in [0.15, 0.2) is 0 Å². The number of hydrogen-bond donors (Lipinski definition) is 0. The molecule has 0 spiro atoms. The first kappa shape index (κ1) is 26.9. The molecule has 0 bridgehead atoms. The Morgan fingerprint density at radius 3 is 1.32 bits per heavy atom. The average molecular weight is 403 g/mol. The van der Waals surface area contributed by atoms with Crippen LogP contribution in [0.25, 0.3) is 0 Å². The summed E-state index contributed by atoms with van der Waals surface area (Å²) in [6, 6.07) is 0. The highest BCUT2D eigenvalue weighted by molar-refractivity contribution is 5.71. The van der Waals surface area contributed by atoms with E-state index in [9.17, 15) is 9.59 Å². The number of carbonyl (C=O) groups excluding carboxylic acids is 2. The highest BCUT2D eigenvalue weighted by Crippen LogP contribution is 2.24. The van der Waals surface area contributed by atoms with Crippen molar-refractivity contribution in [2.24, 2.45) is 11.8 Å². The van der Waals surface area contributed by atoms with Gasteiger partial charge in [-0.1, -0.05) is 53.4 Å². The van der Waals surface area contributed by atoms with E-state index in [1.54, 1.807) is 0 Å². The molecule has 6 heteroatoms. The third-order valence-corrected chi connectivity index (χ3v) is 4.75. The van der Waals surface area contributed by atoms with Crippen molar-refractivity contribution in [3.63, 3.8) is 0 Å². The lowest BCUT2D eigenvalue weighted by Crippen LogP contribution is -2.29. The molecule has 0 aromatic heterocycles. The first-order valence-corrected chi connectivity index (χ1v) is 10.7. The van der Waals surface area contributed by atoms with E-state index in [0.29, 0.717) is 0 Å². The molecule has 0 aliphatic rings. The minimum Gasteiger partial charge on any atom is -0.298 e. The molecule has 0 aliphatic heterocycles. The zero-order chi connectivity index (χ0) is 21.8. The maximum Gasteiger partial charge on any atom is 0.345 e. The summed E-state index contributed by atoms with van der Waals surface area (Å²) in [5.74, 6) is -0.935. The molecular formula is C22H42O6. The third-order valence-electron chi connectivity index (χ3n) is 4.75. The van der Waals surface area contributed by atoms with Gasteiger partial charge in [-0.25, -0.2) is 9.59 Å². The van der Waals surface area contributed by atoms with Crippen LogP contribution < -0.4 is 0 Å². The topological polar surface area (TPSA) is 71.1 Å². The Morgan fingerprint density at radius 2 is 1.04 bits per heavy atom. The molecule has 166 valence electrons. The van der Waals surface area contributed by atoms with E-state index in [1.165, 1.54) is 0 Å². The molecule has 0 aliphatic carbocycles. The van der Waals surface area contributed by atoms with E-state index in [2.05, 4.69) is 0 Å².